The van der Waals surface area contributed by atoms with Crippen LogP contribution in [0.3, 0.4) is 0 Å². The van der Waals surface area contributed by atoms with Crippen molar-refractivity contribution in [3.8, 4) is 11.5 Å². The largest absolute Gasteiger partial charge is 0.497 e. The molecule has 5 heteroatoms. The molecule has 1 rings (SSSR count). The fourth-order valence-corrected chi connectivity index (χ4v) is 1.52. The molecule has 0 saturated carbocycles. The maximum absolute atomic E-state index is 11.5. The fourth-order valence-electron chi connectivity index (χ4n) is 1.52. The monoisotopic (exact) mass is 264 g/mol. The van der Waals surface area contributed by atoms with Gasteiger partial charge in [0.2, 0.25) is 0 Å². The number of methoxy groups -OCH3 is 1. The lowest BCUT2D eigenvalue weighted by Crippen LogP contribution is -2.29. The average Bonchev–Trinajstić information content (AvgIpc) is 2.42. The number of nitrogens with two attached hydrogens (primary N) is 1. The molecule has 0 radical (unpaired) electrons. The van der Waals surface area contributed by atoms with Crippen molar-refractivity contribution in [3.05, 3.63) is 36.4 Å². The molecule has 1 unspecified atom stereocenters. The molecule has 0 fully saturated rings. The Labute approximate surface area is 113 Å². The fraction of sp³-hybridized carbons (Fsp3) is 0.357. The summed E-state index contributed by atoms with van der Waals surface area (Å²) in [6.45, 7) is 5.72. The summed E-state index contributed by atoms with van der Waals surface area (Å²) >= 11 is 0. The number of carbonyl (C=O) groups is 1. The Hall–Kier alpha value is -2.01. The minimum absolute atomic E-state index is 0.0687. The van der Waals surface area contributed by atoms with Gasteiger partial charge in [-0.2, -0.15) is 0 Å². The van der Waals surface area contributed by atoms with E-state index in [4.69, 9.17) is 15.2 Å². The SMILES string of the molecule is C=CCNC(=O)COc1cc(OC)ccc1C(C)N. The van der Waals surface area contributed by atoms with E-state index in [0.717, 1.165) is 5.56 Å². The van der Waals surface area contributed by atoms with Crippen molar-refractivity contribution >= 4 is 5.91 Å². The maximum atomic E-state index is 11.5. The lowest BCUT2D eigenvalue weighted by Gasteiger charge is -2.15. The lowest BCUT2D eigenvalue weighted by atomic mass is 10.1. The van der Waals surface area contributed by atoms with Crippen molar-refractivity contribution in [2.75, 3.05) is 20.3 Å². The first-order valence-corrected chi connectivity index (χ1v) is 6.02. The highest BCUT2D eigenvalue weighted by molar-refractivity contribution is 5.77. The Morgan fingerprint density at radius 1 is 1.58 bits per heavy atom. The van der Waals surface area contributed by atoms with Gasteiger partial charge in [-0.3, -0.25) is 4.79 Å². The first-order valence-electron chi connectivity index (χ1n) is 6.02. The highest BCUT2D eigenvalue weighted by Crippen LogP contribution is 2.28. The molecule has 0 aliphatic carbocycles. The van der Waals surface area contributed by atoms with E-state index in [2.05, 4.69) is 11.9 Å². The molecule has 104 valence electrons. The zero-order valence-electron chi connectivity index (χ0n) is 11.3. The van der Waals surface area contributed by atoms with E-state index in [1.807, 2.05) is 19.1 Å². The lowest BCUT2D eigenvalue weighted by molar-refractivity contribution is -0.122. The van der Waals surface area contributed by atoms with Gasteiger partial charge in [-0.05, 0) is 13.0 Å². The molecule has 5 nitrogen and oxygen atoms in total. The number of hydrogen-bond donors (Lipinski definition) is 2. The Morgan fingerprint density at radius 2 is 2.32 bits per heavy atom. The summed E-state index contributed by atoms with van der Waals surface area (Å²) in [6, 6.07) is 5.18. The van der Waals surface area contributed by atoms with Gasteiger partial charge in [0.25, 0.3) is 5.91 Å². The second-order valence-corrected chi connectivity index (χ2v) is 4.07. The average molecular weight is 264 g/mol. The van der Waals surface area contributed by atoms with Crippen LogP contribution in [-0.4, -0.2) is 26.2 Å². The summed E-state index contributed by atoms with van der Waals surface area (Å²) in [7, 11) is 1.57. The highest BCUT2D eigenvalue weighted by atomic mass is 16.5. The van der Waals surface area contributed by atoms with Crippen LogP contribution in [0.15, 0.2) is 30.9 Å². The van der Waals surface area contributed by atoms with Crippen LogP contribution in [0.1, 0.15) is 18.5 Å². The minimum atomic E-state index is -0.210. The van der Waals surface area contributed by atoms with Crippen LogP contribution in [-0.2, 0) is 4.79 Å². The zero-order chi connectivity index (χ0) is 14.3. The molecule has 0 heterocycles. The van der Waals surface area contributed by atoms with Crippen LogP contribution in [0, 0.1) is 0 Å². The van der Waals surface area contributed by atoms with E-state index in [9.17, 15) is 4.79 Å². The summed E-state index contributed by atoms with van der Waals surface area (Å²) in [4.78, 5) is 11.5. The molecular weight excluding hydrogens is 244 g/mol. The number of carbonyl (C=O) groups excluding carboxylic acids is 1. The molecule has 1 atom stereocenters. The van der Waals surface area contributed by atoms with Crippen LogP contribution >= 0.6 is 0 Å². The molecule has 1 aromatic carbocycles. The van der Waals surface area contributed by atoms with Crippen molar-refractivity contribution in [2.24, 2.45) is 5.73 Å². The molecule has 0 aliphatic heterocycles. The van der Waals surface area contributed by atoms with Gasteiger partial charge in [0.1, 0.15) is 11.5 Å². The minimum Gasteiger partial charge on any atom is -0.497 e. The molecular formula is C14H20N2O3. The van der Waals surface area contributed by atoms with Gasteiger partial charge in [0.05, 0.1) is 7.11 Å². The molecule has 19 heavy (non-hydrogen) atoms. The third-order valence-corrected chi connectivity index (χ3v) is 2.51. The van der Waals surface area contributed by atoms with Crippen LogP contribution in [0.2, 0.25) is 0 Å². The van der Waals surface area contributed by atoms with E-state index in [1.165, 1.54) is 0 Å². The standard InChI is InChI=1S/C14H20N2O3/c1-4-7-16-14(17)9-19-13-8-11(18-3)5-6-12(13)10(2)15/h4-6,8,10H,1,7,9,15H2,2-3H3,(H,16,17). The van der Waals surface area contributed by atoms with Crippen molar-refractivity contribution in [1.29, 1.82) is 0 Å². The van der Waals surface area contributed by atoms with Gasteiger partial charge in [-0.1, -0.05) is 12.1 Å². The Balaban J connectivity index is 2.74. The third-order valence-electron chi connectivity index (χ3n) is 2.51. The summed E-state index contributed by atoms with van der Waals surface area (Å²) < 4.78 is 10.6. The summed E-state index contributed by atoms with van der Waals surface area (Å²) in [6.07, 6.45) is 1.61. The van der Waals surface area contributed by atoms with Gasteiger partial charge in [-0.15, -0.1) is 6.58 Å². The number of benzene rings is 1. The van der Waals surface area contributed by atoms with Crippen molar-refractivity contribution < 1.29 is 14.3 Å². The summed E-state index contributed by atoms with van der Waals surface area (Å²) in [5, 5.41) is 2.64. The van der Waals surface area contributed by atoms with E-state index in [0.29, 0.717) is 18.0 Å². The Morgan fingerprint density at radius 3 is 2.89 bits per heavy atom. The molecule has 0 aliphatic rings. The molecule has 1 amide bonds. The number of hydrogen-bond acceptors (Lipinski definition) is 4. The predicted octanol–water partition coefficient (Wildman–Crippen LogP) is 1.40. The molecule has 0 spiro atoms. The van der Waals surface area contributed by atoms with Crippen LogP contribution in [0.25, 0.3) is 0 Å². The molecule has 3 N–H and O–H groups in total. The Kier molecular flexibility index (Phi) is 5.89. The van der Waals surface area contributed by atoms with Gasteiger partial charge < -0.3 is 20.5 Å². The van der Waals surface area contributed by atoms with Crippen LogP contribution in [0.5, 0.6) is 11.5 Å². The zero-order valence-corrected chi connectivity index (χ0v) is 11.3. The topological polar surface area (TPSA) is 73.6 Å². The second kappa shape index (κ2) is 7.43. The second-order valence-electron chi connectivity index (χ2n) is 4.07. The number of nitrogens with one attached hydrogen (secondary N) is 1. The van der Waals surface area contributed by atoms with Gasteiger partial charge in [0, 0.05) is 24.2 Å². The summed E-state index contributed by atoms with van der Waals surface area (Å²) in [5.41, 5.74) is 6.69. The third kappa shape index (κ3) is 4.63. The van der Waals surface area contributed by atoms with Crippen LogP contribution < -0.4 is 20.5 Å². The van der Waals surface area contributed by atoms with Crippen molar-refractivity contribution in [2.45, 2.75) is 13.0 Å². The van der Waals surface area contributed by atoms with Gasteiger partial charge >= 0.3 is 0 Å². The molecule has 0 aromatic heterocycles. The van der Waals surface area contributed by atoms with Crippen LogP contribution in [0.4, 0.5) is 0 Å². The highest BCUT2D eigenvalue weighted by Gasteiger charge is 2.11. The molecule has 0 saturated heterocycles. The smallest absolute Gasteiger partial charge is 0.258 e. The summed E-state index contributed by atoms with van der Waals surface area (Å²) in [5.74, 6) is 1.01. The normalized spacial score (nSPS) is 11.5. The maximum Gasteiger partial charge on any atom is 0.258 e. The quantitative estimate of drug-likeness (QED) is 0.730. The first-order chi connectivity index (χ1) is 9.08. The van der Waals surface area contributed by atoms with Gasteiger partial charge in [-0.25, -0.2) is 0 Å². The van der Waals surface area contributed by atoms with Crippen molar-refractivity contribution in [1.82, 2.24) is 5.32 Å². The molecule has 1 aromatic rings. The van der Waals surface area contributed by atoms with E-state index < -0.39 is 0 Å². The van der Waals surface area contributed by atoms with E-state index in [1.54, 1.807) is 19.3 Å². The van der Waals surface area contributed by atoms with Gasteiger partial charge in [0.15, 0.2) is 6.61 Å². The van der Waals surface area contributed by atoms with E-state index in [-0.39, 0.29) is 18.6 Å². The van der Waals surface area contributed by atoms with E-state index >= 15 is 0 Å². The molecule has 0 bridgehead atoms. The Bertz CT molecular complexity index is 444. The number of rotatable bonds is 7. The predicted molar refractivity (Wildman–Crippen MR) is 74.3 cm³/mol. The number of ether oxygens (including phenoxy) is 2. The first kappa shape index (κ1) is 15.0. The van der Waals surface area contributed by atoms with Crippen molar-refractivity contribution in [3.63, 3.8) is 0 Å². The number of amides is 1.